The number of oxime groups is 1. The predicted octanol–water partition coefficient (Wildman–Crippen LogP) is 8.53. The number of rotatable bonds is 6. The molecule has 6 atom stereocenters. The first-order valence-corrected chi connectivity index (χ1v) is 19.5. The van der Waals surface area contributed by atoms with Crippen molar-refractivity contribution in [3.05, 3.63) is 34.4 Å². The summed E-state index contributed by atoms with van der Waals surface area (Å²) in [5.74, 6) is 4.06. The molecule has 0 saturated heterocycles. The van der Waals surface area contributed by atoms with Crippen LogP contribution in [0.25, 0.3) is 6.08 Å². The van der Waals surface area contributed by atoms with Gasteiger partial charge in [0, 0.05) is 37.2 Å². The number of aryl methyl sites for hydroxylation is 1. The first-order valence-electron chi connectivity index (χ1n) is 19.5. The number of hydrogen-bond acceptors (Lipinski definition) is 6. The van der Waals surface area contributed by atoms with Gasteiger partial charge in [0.25, 0.3) is 0 Å². The van der Waals surface area contributed by atoms with Crippen LogP contribution in [0, 0.1) is 34.5 Å². The average Bonchev–Trinajstić information content (AvgIpc) is 3.44. The van der Waals surface area contributed by atoms with Gasteiger partial charge in [-0.1, -0.05) is 52.3 Å². The first kappa shape index (κ1) is 37.1. The van der Waals surface area contributed by atoms with Gasteiger partial charge in [0.2, 0.25) is 0 Å². The highest BCUT2D eigenvalue weighted by atomic mass is 16.6. The second kappa shape index (κ2) is 16.2. The highest BCUT2D eigenvalue weighted by Crippen LogP contribution is 2.65. The smallest absolute Gasteiger partial charge is 0.160 e. The molecule has 2 heterocycles. The molecule has 2 aliphatic heterocycles. The van der Waals surface area contributed by atoms with Gasteiger partial charge in [-0.2, -0.15) is 0 Å². The van der Waals surface area contributed by atoms with Gasteiger partial charge in [-0.15, -0.1) is 0 Å². The van der Waals surface area contributed by atoms with Crippen LogP contribution in [0.4, 0.5) is 5.69 Å². The molecule has 48 heavy (non-hydrogen) atoms. The number of benzene rings is 1. The summed E-state index contributed by atoms with van der Waals surface area (Å²) >= 11 is 0. The molecule has 1 aromatic rings. The lowest BCUT2D eigenvalue weighted by Crippen LogP contribution is -2.52. The molecule has 4 saturated carbocycles. The Morgan fingerprint density at radius 1 is 0.917 bits per heavy atom. The maximum atomic E-state index is 11.7. The molecular formula is C42H68N4O2. The third kappa shape index (κ3) is 7.04. The number of nitrogens with zero attached hydrogens (tertiary/aromatic N) is 2. The molecule has 0 aromatic heterocycles. The molecule has 6 nitrogen and oxygen atoms in total. The zero-order valence-corrected chi connectivity index (χ0v) is 30.2. The van der Waals surface area contributed by atoms with Gasteiger partial charge in [0.15, 0.2) is 5.78 Å². The molecule has 0 radical (unpaired) electrons. The molecule has 5 aliphatic carbocycles. The van der Waals surface area contributed by atoms with Gasteiger partial charge in [-0.05, 0) is 161 Å². The van der Waals surface area contributed by atoms with Crippen LogP contribution >= 0.6 is 0 Å². The molecule has 0 amide bonds. The lowest BCUT2D eigenvalue weighted by atomic mass is 9.45. The fourth-order valence-electron chi connectivity index (χ4n) is 11.5. The van der Waals surface area contributed by atoms with Gasteiger partial charge >= 0.3 is 0 Å². The number of ketones is 1. The Kier molecular flexibility index (Phi) is 12.5. The highest BCUT2D eigenvalue weighted by molar-refractivity contribution is 5.99. The second-order valence-electron chi connectivity index (χ2n) is 16.1. The van der Waals surface area contributed by atoms with Crippen molar-refractivity contribution >= 4 is 23.3 Å². The number of anilines is 1. The summed E-state index contributed by atoms with van der Waals surface area (Å²) in [6, 6.07) is 2.33. The number of hydrogen-bond donors (Lipinski definition) is 2. The number of carbonyl (C=O) groups is 1. The number of nitrogens with one attached hydrogen (secondary N) is 1. The molecule has 3 N–H and O–H groups in total. The minimum absolute atomic E-state index is 0. The van der Waals surface area contributed by atoms with E-state index in [1.165, 1.54) is 144 Å². The minimum atomic E-state index is 0. The molecule has 6 heteroatoms. The molecule has 268 valence electrons. The third-order valence-corrected chi connectivity index (χ3v) is 13.8. The van der Waals surface area contributed by atoms with Crippen LogP contribution in [0.3, 0.4) is 0 Å². The SMILES string of the molecule is C.CCCNCCO/N=C1/CCC2C3CCC4CCCCC4(C)C3CCC12C.CN.O=C1C=Cc2cc3c4c(c2C1)CCCN4CCC3. The summed E-state index contributed by atoms with van der Waals surface area (Å²) < 4.78 is 0. The van der Waals surface area contributed by atoms with Crippen molar-refractivity contribution in [2.24, 2.45) is 45.4 Å². The van der Waals surface area contributed by atoms with Crippen LogP contribution in [-0.2, 0) is 28.9 Å². The van der Waals surface area contributed by atoms with E-state index in [0.29, 0.717) is 23.9 Å². The monoisotopic (exact) mass is 661 g/mol. The third-order valence-electron chi connectivity index (χ3n) is 13.8. The Labute approximate surface area is 293 Å². The van der Waals surface area contributed by atoms with E-state index < -0.39 is 0 Å². The Balaban J connectivity index is 0.000000186. The highest BCUT2D eigenvalue weighted by Gasteiger charge is 2.59. The molecule has 0 spiro atoms. The maximum absolute atomic E-state index is 11.7. The van der Waals surface area contributed by atoms with E-state index in [0.717, 1.165) is 43.2 Å². The minimum Gasteiger partial charge on any atom is -0.394 e. The molecule has 4 fully saturated rings. The zero-order valence-electron chi connectivity index (χ0n) is 30.2. The Morgan fingerprint density at radius 2 is 1.73 bits per heavy atom. The van der Waals surface area contributed by atoms with Gasteiger partial charge in [0.05, 0.1) is 5.71 Å². The fourth-order valence-corrected chi connectivity index (χ4v) is 11.5. The lowest BCUT2D eigenvalue weighted by molar-refractivity contribution is -0.114. The van der Waals surface area contributed by atoms with Crippen LogP contribution in [-0.4, -0.2) is 51.3 Å². The standard InChI is InChI=1S/C24H42N2O.C16H17NO.CH5N.CH4/c1-4-15-25-16-17-27-26-22-11-10-20-19-9-8-18-7-5-6-13-23(18,2)21(19)12-14-24(20,22)3;18-13-6-5-11-9-12-3-1-7-17-8-2-4-14(16(12)17)15(11)10-13;1-2;/h18-21,25H,4-17H2,1-3H3;5-6,9H,1-4,7-8,10H2;2H2,1H3;1H4/b26-22-;;;. The maximum Gasteiger partial charge on any atom is 0.160 e. The van der Waals surface area contributed by atoms with Crippen LogP contribution in [0.2, 0.25) is 0 Å². The summed E-state index contributed by atoms with van der Waals surface area (Å²) in [5, 5.41) is 8.09. The molecule has 6 unspecified atom stereocenters. The Bertz CT molecular complexity index is 1320. The van der Waals surface area contributed by atoms with E-state index in [9.17, 15) is 4.79 Å². The summed E-state index contributed by atoms with van der Waals surface area (Å²) in [6.07, 6.45) is 24.7. The van der Waals surface area contributed by atoms with Crippen LogP contribution in [0.15, 0.2) is 17.3 Å². The van der Waals surface area contributed by atoms with E-state index in [1.54, 1.807) is 6.08 Å². The van der Waals surface area contributed by atoms with Crippen molar-refractivity contribution in [2.45, 2.75) is 131 Å². The molecule has 1 aromatic carbocycles. The van der Waals surface area contributed by atoms with Gasteiger partial charge < -0.3 is 20.8 Å². The van der Waals surface area contributed by atoms with E-state index >= 15 is 0 Å². The number of fused-ring (bicyclic) bond motifs is 7. The van der Waals surface area contributed by atoms with Crippen molar-refractivity contribution in [1.29, 1.82) is 0 Å². The zero-order chi connectivity index (χ0) is 33.0. The summed E-state index contributed by atoms with van der Waals surface area (Å²) in [5.41, 5.74) is 13.9. The van der Waals surface area contributed by atoms with Gasteiger partial charge in [-0.3, -0.25) is 4.79 Å². The van der Waals surface area contributed by atoms with Crippen molar-refractivity contribution < 1.29 is 9.63 Å². The van der Waals surface area contributed by atoms with Crippen LogP contribution in [0.5, 0.6) is 0 Å². The van der Waals surface area contributed by atoms with Crippen molar-refractivity contribution in [1.82, 2.24) is 5.32 Å². The normalized spacial score (nSPS) is 33.3. The average molecular weight is 661 g/mol. The number of allylic oxidation sites excluding steroid dienone is 1. The van der Waals surface area contributed by atoms with E-state index in [-0.39, 0.29) is 13.2 Å². The number of carbonyl (C=O) groups excluding carboxylic acids is 1. The van der Waals surface area contributed by atoms with Gasteiger partial charge in [0.1, 0.15) is 6.61 Å². The van der Waals surface area contributed by atoms with Crippen molar-refractivity contribution in [3.63, 3.8) is 0 Å². The first-order chi connectivity index (χ1) is 22.9. The van der Waals surface area contributed by atoms with E-state index in [1.807, 2.05) is 6.08 Å². The van der Waals surface area contributed by atoms with Crippen molar-refractivity contribution in [2.75, 3.05) is 44.7 Å². The molecule has 0 bridgehead atoms. The number of nitrogens with two attached hydrogens (primary N) is 1. The Hall–Kier alpha value is -2.18. The molecule has 8 rings (SSSR count). The van der Waals surface area contributed by atoms with E-state index in [2.05, 4.69) is 42.8 Å². The summed E-state index contributed by atoms with van der Waals surface area (Å²) in [4.78, 5) is 19.9. The second-order valence-corrected chi connectivity index (χ2v) is 16.1. The van der Waals surface area contributed by atoms with Crippen molar-refractivity contribution in [3.8, 4) is 0 Å². The summed E-state index contributed by atoms with van der Waals surface area (Å²) in [7, 11) is 1.50. The van der Waals surface area contributed by atoms with E-state index in [4.69, 9.17) is 9.99 Å². The predicted molar refractivity (Wildman–Crippen MR) is 203 cm³/mol. The fraction of sp³-hybridized carbons (Fsp3) is 0.762. The molecular weight excluding hydrogens is 592 g/mol. The lowest BCUT2D eigenvalue weighted by Gasteiger charge is -2.59. The Morgan fingerprint density at radius 3 is 2.54 bits per heavy atom. The topological polar surface area (TPSA) is 80.0 Å². The molecule has 7 aliphatic rings. The quantitative estimate of drug-likeness (QED) is 0.236. The largest absolute Gasteiger partial charge is 0.394 e. The van der Waals surface area contributed by atoms with Gasteiger partial charge in [-0.25, -0.2) is 0 Å². The van der Waals surface area contributed by atoms with Crippen LogP contribution in [0.1, 0.15) is 134 Å². The summed E-state index contributed by atoms with van der Waals surface area (Å²) in [6.45, 7) is 12.5. The van der Waals surface area contributed by atoms with Crippen LogP contribution < -0.4 is 16.0 Å².